The summed E-state index contributed by atoms with van der Waals surface area (Å²) in [5, 5.41) is 0. The maximum Gasteiger partial charge on any atom is 0.411 e. The minimum atomic E-state index is -0.319. The third-order valence-corrected chi connectivity index (χ3v) is 2.16. The van der Waals surface area contributed by atoms with E-state index in [0.29, 0.717) is 13.2 Å². The molecule has 1 aliphatic rings. The molecule has 0 bridgehead atoms. The van der Waals surface area contributed by atoms with E-state index < -0.39 is 0 Å². The molecule has 1 heterocycles. The first kappa shape index (κ1) is 10.3. The Labute approximate surface area is 78.8 Å². The van der Waals surface area contributed by atoms with Gasteiger partial charge in [-0.25, -0.2) is 4.79 Å². The fourth-order valence-corrected chi connectivity index (χ4v) is 1.40. The van der Waals surface area contributed by atoms with Crippen molar-refractivity contribution in [2.45, 2.75) is 27.0 Å². The highest BCUT2D eigenvalue weighted by molar-refractivity contribution is 5.67. The monoisotopic (exact) mass is 187 g/mol. The average Bonchev–Trinajstić information content (AvgIpc) is 2.08. The molecule has 4 heteroatoms. The molecule has 0 saturated carbocycles. The summed E-state index contributed by atoms with van der Waals surface area (Å²) < 4.78 is 10.1. The molecule has 0 spiro atoms. The van der Waals surface area contributed by atoms with Crippen molar-refractivity contribution in [1.29, 1.82) is 0 Å². The van der Waals surface area contributed by atoms with Gasteiger partial charge in [-0.05, 0) is 6.92 Å². The normalized spacial score (nSPS) is 27.1. The Kier molecular flexibility index (Phi) is 2.81. The van der Waals surface area contributed by atoms with Crippen LogP contribution in [-0.2, 0) is 9.47 Å². The lowest BCUT2D eigenvalue weighted by Gasteiger charge is -2.41. The van der Waals surface area contributed by atoms with Crippen LogP contribution in [0.5, 0.6) is 0 Å². The lowest BCUT2D eigenvalue weighted by molar-refractivity contribution is -0.122. The van der Waals surface area contributed by atoms with Crippen LogP contribution >= 0.6 is 0 Å². The second-order valence-electron chi connectivity index (χ2n) is 4.17. The Balaban J connectivity index is 2.65. The van der Waals surface area contributed by atoms with Gasteiger partial charge in [-0.15, -0.1) is 0 Å². The molecule has 1 amide bonds. The second-order valence-corrected chi connectivity index (χ2v) is 4.17. The minimum absolute atomic E-state index is 0.0146. The molecule has 1 aliphatic heterocycles. The lowest BCUT2D eigenvalue weighted by atomic mass is 9.93. The first-order valence-electron chi connectivity index (χ1n) is 4.42. The van der Waals surface area contributed by atoms with Gasteiger partial charge in [-0.3, -0.25) is 4.90 Å². The molecular formula is C9H17NO3. The highest BCUT2D eigenvalue weighted by atomic mass is 16.6. The van der Waals surface area contributed by atoms with Gasteiger partial charge in [0.1, 0.15) is 6.23 Å². The number of amides is 1. The summed E-state index contributed by atoms with van der Waals surface area (Å²) in [6, 6.07) is 0. The van der Waals surface area contributed by atoms with Crippen LogP contribution in [0.3, 0.4) is 0 Å². The van der Waals surface area contributed by atoms with Gasteiger partial charge in [0.05, 0.1) is 13.7 Å². The van der Waals surface area contributed by atoms with Crippen molar-refractivity contribution in [1.82, 2.24) is 4.90 Å². The molecular weight excluding hydrogens is 170 g/mol. The van der Waals surface area contributed by atoms with Crippen molar-refractivity contribution < 1.29 is 14.3 Å². The molecule has 0 N–H and O–H groups in total. The first-order chi connectivity index (χ1) is 5.96. The number of rotatable bonds is 0. The van der Waals surface area contributed by atoms with Crippen molar-refractivity contribution in [3.8, 4) is 0 Å². The van der Waals surface area contributed by atoms with Crippen LogP contribution in [0.1, 0.15) is 20.8 Å². The molecule has 0 radical (unpaired) electrons. The first-order valence-corrected chi connectivity index (χ1v) is 4.42. The zero-order valence-electron chi connectivity index (χ0n) is 8.66. The summed E-state index contributed by atoms with van der Waals surface area (Å²) in [5.41, 5.74) is 0.0146. The molecule has 76 valence electrons. The lowest BCUT2D eigenvalue weighted by Crippen LogP contribution is -2.52. The Hall–Kier alpha value is -0.770. The van der Waals surface area contributed by atoms with Crippen LogP contribution in [0.2, 0.25) is 0 Å². The van der Waals surface area contributed by atoms with E-state index in [4.69, 9.17) is 4.74 Å². The second kappa shape index (κ2) is 3.54. The van der Waals surface area contributed by atoms with E-state index in [2.05, 4.69) is 18.6 Å². The smallest absolute Gasteiger partial charge is 0.411 e. The van der Waals surface area contributed by atoms with E-state index >= 15 is 0 Å². The predicted molar refractivity (Wildman–Crippen MR) is 48.3 cm³/mol. The molecule has 13 heavy (non-hydrogen) atoms. The summed E-state index contributed by atoms with van der Waals surface area (Å²) in [6.07, 6.45) is -0.499. The van der Waals surface area contributed by atoms with Crippen LogP contribution in [0, 0.1) is 5.41 Å². The molecule has 4 nitrogen and oxygen atoms in total. The maximum absolute atomic E-state index is 11.3. The Morgan fingerprint density at radius 1 is 1.62 bits per heavy atom. The van der Waals surface area contributed by atoms with Gasteiger partial charge in [0.2, 0.25) is 0 Å². The highest BCUT2D eigenvalue weighted by Crippen LogP contribution is 2.25. The molecule has 0 aromatic rings. The van der Waals surface area contributed by atoms with Crippen LogP contribution in [0.15, 0.2) is 0 Å². The van der Waals surface area contributed by atoms with Gasteiger partial charge >= 0.3 is 6.09 Å². The third kappa shape index (κ3) is 2.34. The van der Waals surface area contributed by atoms with Gasteiger partial charge < -0.3 is 9.47 Å². The number of nitrogens with zero attached hydrogens (tertiary/aromatic N) is 1. The topological polar surface area (TPSA) is 38.8 Å². The SMILES string of the molecule is COC(=O)N1CC(C)(C)COC1C. The van der Waals surface area contributed by atoms with Crippen LogP contribution in [0.4, 0.5) is 4.79 Å². The molecule has 0 aromatic carbocycles. The fraction of sp³-hybridized carbons (Fsp3) is 0.889. The van der Waals surface area contributed by atoms with Crippen LogP contribution in [0.25, 0.3) is 0 Å². The molecule has 1 rings (SSSR count). The number of methoxy groups -OCH3 is 1. The van der Waals surface area contributed by atoms with Gasteiger partial charge in [0, 0.05) is 12.0 Å². The molecule has 1 atom stereocenters. The summed E-state index contributed by atoms with van der Waals surface area (Å²) in [4.78, 5) is 12.9. The third-order valence-electron chi connectivity index (χ3n) is 2.16. The zero-order valence-corrected chi connectivity index (χ0v) is 8.66. The number of carbonyl (C=O) groups excluding carboxylic acids is 1. The van der Waals surface area contributed by atoms with E-state index in [-0.39, 0.29) is 17.7 Å². The summed E-state index contributed by atoms with van der Waals surface area (Å²) in [7, 11) is 1.39. The van der Waals surface area contributed by atoms with Crippen LogP contribution < -0.4 is 0 Å². The minimum Gasteiger partial charge on any atom is -0.453 e. The van der Waals surface area contributed by atoms with E-state index in [1.165, 1.54) is 7.11 Å². The summed E-state index contributed by atoms with van der Waals surface area (Å²) >= 11 is 0. The molecule has 1 fully saturated rings. The van der Waals surface area contributed by atoms with Crippen molar-refractivity contribution in [2.75, 3.05) is 20.3 Å². The Morgan fingerprint density at radius 2 is 2.23 bits per heavy atom. The van der Waals surface area contributed by atoms with Gasteiger partial charge in [-0.1, -0.05) is 13.8 Å². The summed E-state index contributed by atoms with van der Waals surface area (Å²) in [5.74, 6) is 0. The standard InChI is InChI=1S/C9H17NO3/c1-7-10(8(11)12-4)5-9(2,3)6-13-7/h7H,5-6H2,1-4H3. The van der Waals surface area contributed by atoms with E-state index in [0.717, 1.165) is 0 Å². The molecule has 1 saturated heterocycles. The predicted octanol–water partition coefficient (Wildman–Crippen LogP) is 1.46. The Bertz CT molecular complexity index is 203. The summed E-state index contributed by atoms with van der Waals surface area (Å²) in [6.45, 7) is 7.35. The highest BCUT2D eigenvalue weighted by Gasteiger charge is 2.34. The van der Waals surface area contributed by atoms with Crippen LogP contribution in [-0.4, -0.2) is 37.5 Å². The molecule has 1 unspecified atom stereocenters. The molecule has 0 aliphatic carbocycles. The number of carbonyl (C=O) groups is 1. The number of hydrogen-bond donors (Lipinski definition) is 0. The zero-order chi connectivity index (χ0) is 10.1. The van der Waals surface area contributed by atoms with Gasteiger partial charge in [-0.2, -0.15) is 0 Å². The Morgan fingerprint density at radius 3 is 2.77 bits per heavy atom. The van der Waals surface area contributed by atoms with E-state index in [9.17, 15) is 4.79 Å². The van der Waals surface area contributed by atoms with E-state index in [1.54, 1.807) is 4.90 Å². The number of ether oxygens (including phenoxy) is 2. The van der Waals surface area contributed by atoms with Crippen molar-refractivity contribution in [3.63, 3.8) is 0 Å². The van der Waals surface area contributed by atoms with Gasteiger partial charge in [0.25, 0.3) is 0 Å². The van der Waals surface area contributed by atoms with Crippen molar-refractivity contribution in [2.24, 2.45) is 5.41 Å². The quantitative estimate of drug-likeness (QED) is 0.576. The van der Waals surface area contributed by atoms with Crippen molar-refractivity contribution >= 4 is 6.09 Å². The van der Waals surface area contributed by atoms with E-state index in [1.807, 2.05) is 6.92 Å². The maximum atomic E-state index is 11.3. The molecule has 0 aromatic heterocycles. The average molecular weight is 187 g/mol. The fourth-order valence-electron chi connectivity index (χ4n) is 1.40. The van der Waals surface area contributed by atoms with Gasteiger partial charge in [0.15, 0.2) is 0 Å². The largest absolute Gasteiger partial charge is 0.453 e. The van der Waals surface area contributed by atoms with Crippen molar-refractivity contribution in [3.05, 3.63) is 0 Å². The number of hydrogen-bond acceptors (Lipinski definition) is 3.